The van der Waals surface area contributed by atoms with Crippen molar-refractivity contribution in [2.75, 3.05) is 13.7 Å². The van der Waals surface area contributed by atoms with Crippen LogP contribution in [0.1, 0.15) is 72.4 Å². The smallest absolute Gasteiger partial charge is 0.304 e. The molecule has 0 amide bonds. The predicted octanol–water partition coefficient (Wildman–Crippen LogP) is 6.61. The topological polar surface area (TPSA) is 82.8 Å². The first-order chi connectivity index (χ1) is 19.0. The van der Waals surface area contributed by atoms with Crippen LogP contribution in [0.2, 0.25) is 0 Å². The quantitative estimate of drug-likeness (QED) is 0.332. The molecule has 0 bridgehead atoms. The summed E-state index contributed by atoms with van der Waals surface area (Å²) in [5.41, 5.74) is 6.98. The van der Waals surface area contributed by atoms with Crippen LogP contribution in [0.5, 0.6) is 11.5 Å². The summed E-state index contributed by atoms with van der Waals surface area (Å²) in [4.78, 5) is 13.8. The molecule has 0 aromatic heterocycles. The summed E-state index contributed by atoms with van der Waals surface area (Å²) in [5.74, 6) is 0.846. The average Bonchev–Trinajstić information content (AvgIpc) is 3.43. The van der Waals surface area contributed by atoms with Crippen LogP contribution in [0.25, 0.3) is 5.57 Å². The van der Waals surface area contributed by atoms with Crippen molar-refractivity contribution in [2.24, 2.45) is 0 Å². The van der Waals surface area contributed by atoms with Gasteiger partial charge in [-0.3, -0.25) is 9.69 Å². The molecule has 2 aliphatic rings. The number of rotatable bonds is 11. The van der Waals surface area contributed by atoms with Crippen LogP contribution in [0, 0.1) is 11.3 Å². The number of allylic oxidation sites excluding steroid dienone is 5. The Bertz CT molecular complexity index is 1320. The molecule has 0 saturated carbocycles. The lowest BCUT2D eigenvalue weighted by atomic mass is 9.95. The lowest BCUT2D eigenvalue weighted by molar-refractivity contribution is -0.138. The number of carboxylic acid groups (broad SMARTS) is 1. The molecular weight excluding hydrogens is 488 g/mol. The molecule has 1 heterocycles. The van der Waals surface area contributed by atoms with Crippen molar-refractivity contribution in [2.45, 2.75) is 71.1 Å². The number of hydrogen-bond acceptors (Lipinski definition) is 5. The summed E-state index contributed by atoms with van der Waals surface area (Å²) >= 11 is 0. The average molecular weight is 527 g/mol. The van der Waals surface area contributed by atoms with Gasteiger partial charge in [-0.1, -0.05) is 55.5 Å². The van der Waals surface area contributed by atoms with Crippen molar-refractivity contribution < 1.29 is 19.4 Å². The fraction of sp³-hybridized carbons (Fsp3) is 0.394. The second kappa shape index (κ2) is 13.3. The molecule has 6 nitrogen and oxygen atoms in total. The van der Waals surface area contributed by atoms with Crippen molar-refractivity contribution in [3.05, 3.63) is 88.5 Å². The Labute approximate surface area is 231 Å². The number of carbonyl (C=O) groups is 1. The normalized spacial score (nSPS) is 17.6. The van der Waals surface area contributed by atoms with Gasteiger partial charge in [0, 0.05) is 29.8 Å². The number of fused-ring (bicyclic) bond motifs is 1. The highest BCUT2D eigenvalue weighted by Crippen LogP contribution is 2.41. The number of likely N-dealkylation sites (tertiary alicyclic amines) is 1. The second-order valence-electron chi connectivity index (χ2n) is 10.3. The first-order valence-corrected chi connectivity index (χ1v) is 13.7. The number of nitrogens with zero attached hydrogens (tertiary/aromatic N) is 2. The summed E-state index contributed by atoms with van der Waals surface area (Å²) in [6.45, 7) is 7.57. The summed E-state index contributed by atoms with van der Waals surface area (Å²) < 4.78 is 12.3. The Balaban J connectivity index is 1.60. The van der Waals surface area contributed by atoms with Gasteiger partial charge in [-0.15, -0.1) is 0 Å². The molecule has 4 rings (SSSR count). The molecular formula is C33H38N2O4. The van der Waals surface area contributed by atoms with Crippen LogP contribution in [-0.2, 0) is 30.8 Å². The number of methoxy groups -OCH3 is 1. The molecule has 1 aliphatic carbocycles. The van der Waals surface area contributed by atoms with Crippen molar-refractivity contribution in [3.63, 3.8) is 0 Å². The Morgan fingerprint density at radius 2 is 2.03 bits per heavy atom. The zero-order valence-corrected chi connectivity index (χ0v) is 23.0. The van der Waals surface area contributed by atoms with E-state index in [4.69, 9.17) is 9.47 Å². The van der Waals surface area contributed by atoms with E-state index in [1.54, 1.807) is 13.2 Å². The third-order valence-corrected chi connectivity index (χ3v) is 7.84. The van der Waals surface area contributed by atoms with Crippen LogP contribution >= 0.6 is 0 Å². The summed E-state index contributed by atoms with van der Waals surface area (Å²) in [7, 11) is 1.68. The molecule has 1 N–H and O–H groups in total. The van der Waals surface area contributed by atoms with E-state index in [0.717, 1.165) is 78.8 Å². The van der Waals surface area contributed by atoms with Gasteiger partial charge in [-0.2, -0.15) is 5.26 Å². The van der Waals surface area contributed by atoms with Gasteiger partial charge < -0.3 is 14.6 Å². The molecule has 2 aromatic rings. The minimum absolute atomic E-state index is 0.0513. The predicted molar refractivity (Wildman–Crippen MR) is 154 cm³/mol. The molecule has 2 aromatic carbocycles. The van der Waals surface area contributed by atoms with Crippen LogP contribution in [0.3, 0.4) is 0 Å². The fourth-order valence-corrected chi connectivity index (χ4v) is 5.88. The van der Waals surface area contributed by atoms with Gasteiger partial charge in [-0.05, 0) is 67.8 Å². The van der Waals surface area contributed by atoms with E-state index < -0.39 is 5.97 Å². The molecule has 39 heavy (non-hydrogen) atoms. The van der Waals surface area contributed by atoms with Crippen LogP contribution in [0.4, 0.5) is 0 Å². The summed E-state index contributed by atoms with van der Waals surface area (Å²) in [6, 6.07) is 10.3. The fourth-order valence-electron chi connectivity index (χ4n) is 5.88. The third-order valence-electron chi connectivity index (χ3n) is 7.84. The maximum absolute atomic E-state index is 11.5. The van der Waals surface area contributed by atoms with E-state index >= 15 is 0 Å². The lowest BCUT2D eigenvalue weighted by Gasteiger charge is -2.35. The Morgan fingerprint density at radius 1 is 1.21 bits per heavy atom. The van der Waals surface area contributed by atoms with Crippen LogP contribution < -0.4 is 9.47 Å². The van der Waals surface area contributed by atoms with Gasteiger partial charge in [0.25, 0.3) is 0 Å². The highest BCUT2D eigenvalue weighted by molar-refractivity contribution is 5.71. The van der Waals surface area contributed by atoms with Crippen molar-refractivity contribution in [1.82, 2.24) is 4.90 Å². The molecule has 1 saturated heterocycles. The van der Waals surface area contributed by atoms with E-state index in [2.05, 4.69) is 17.5 Å². The Morgan fingerprint density at radius 3 is 2.77 bits per heavy atom. The first kappa shape index (κ1) is 28.2. The summed E-state index contributed by atoms with van der Waals surface area (Å²) in [6.07, 6.45) is 13.6. The minimum atomic E-state index is -0.743. The Hall–Kier alpha value is -3.82. The third kappa shape index (κ3) is 6.61. The largest absolute Gasteiger partial charge is 0.496 e. The molecule has 1 unspecified atom stereocenters. The number of nitriles is 1. The second-order valence-corrected chi connectivity index (χ2v) is 10.3. The highest BCUT2D eigenvalue weighted by atomic mass is 16.5. The van der Waals surface area contributed by atoms with E-state index in [0.29, 0.717) is 12.1 Å². The van der Waals surface area contributed by atoms with Gasteiger partial charge in [0.1, 0.15) is 24.2 Å². The number of piperidine rings is 1. The standard InChI is InChI=1S/C33H38N2O4/c1-4-5-6-11-23(2)26-14-9-12-24(29(26)20-34)22-39-32-19-31(38-3)30(27-15-10-16-28(27)32)21-35-17-8-7-13-25(35)18-33(36)37/h4-6,9,11-12,14,19,25H,1,7-8,10,13,15-18,21-22H2,2-3H3,(H,36,37)/b6-5-,23-11+. The van der Waals surface area contributed by atoms with Crippen molar-refractivity contribution in [1.29, 1.82) is 5.26 Å². The van der Waals surface area contributed by atoms with Gasteiger partial charge >= 0.3 is 5.97 Å². The number of benzene rings is 2. The Kier molecular flexibility index (Phi) is 9.62. The molecule has 1 fully saturated rings. The van der Waals surface area contributed by atoms with Crippen molar-refractivity contribution in [3.8, 4) is 17.6 Å². The minimum Gasteiger partial charge on any atom is -0.496 e. The molecule has 6 heteroatoms. The molecule has 0 spiro atoms. The number of carboxylic acids is 1. The molecule has 204 valence electrons. The van der Waals surface area contributed by atoms with Gasteiger partial charge in [0.15, 0.2) is 0 Å². The molecule has 1 atom stereocenters. The number of hydrogen-bond donors (Lipinski definition) is 1. The van der Waals surface area contributed by atoms with E-state index in [-0.39, 0.29) is 19.1 Å². The van der Waals surface area contributed by atoms with E-state index in [9.17, 15) is 15.2 Å². The zero-order chi connectivity index (χ0) is 27.8. The van der Waals surface area contributed by atoms with Crippen molar-refractivity contribution >= 4 is 11.5 Å². The SMILES string of the molecule is C=C/C=C\C=C(/C)c1cccc(COc2cc(OC)c(CN3CCCCC3CC(=O)O)c3c2CCC3)c1C#N. The monoisotopic (exact) mass is 526 g/mol. The number of aliphatic carboxylic acids is 1. The molecule has 0 radical (unpaired) electrons. The lowest BCUT2D eigenvalue weighted by Crippen LogP contribution is -2.40. The van der Waals surface area contributed by atoms with Gasteiger partial charge in [0.2, 0.25) is 0 Å². The van der Waals surface area contributed by atoms with Gasteiger partial charge in [0.05, 0.1) is 19.1 Å². The van der Waals surface area contributed by atoms with E-state index in [1.165, 1.54) is 11.1 Å². The highest BCUT2D eigenvalue weighted by Gasteiger charge is 2.29. The summed E-state index contributed by atoms with van der Waals surface area (Å²) in [5, 5.41) is 19.4. The van der Waals surface area contributed by atoms with Crippen LogP contribution in [-0.4, -0.2) is 35.7 Å². The maximum Gasteiger partial charge on any atom is 0.304 e. The first-order valence-electron chi connectivity index (χ1n) is 13.7. The maximum atomic E-state index is 11.5. The van der Waals surface area contributed by atoms with E-state index in [1.807, 2.05) is 49.4 Å². The molecule has 1 aliphatic heterocycles. The number of ether oxygens (including phenoxy) is 2. The zero-order valence-electron chi connectivity index (χ0n) is 23.0. The van der Waals surface area contributed by atoms with Crippen LogP contribution in [0.15, 0.2) is 55.1 Å². The van der Waals surface area contributed by atoms with Gasteiger partial charge in [-0.25, -0.2) is 0 Å².